The van der Waals surface area contributed by atoms with Gasteiger partial charge in [0, 0.05) is 12.8 Å². The summed E-state index contributed by atoms with van der Waals surface area (Å²) in [5.41, 5.74) is 0. The Morgan fingerprint density at radius 3 is 2.50 bits per heavy atom. The van der Waals surface area contributed by atoms with Crippen molar-refractivity contribution in [3.63, 3.8) is 0 Å². The third-order valence-corrected chi connectivity index (χ3v) is 3.30. The summed E-state index contributed by atoms with van der Waals surface area (Å²) in [4.78, 5) is 11.6. The van der Waals surface area contributed by atoms with Crippen LogP contribution < -0.4 is 0 Å². The van der Waals surface area contributed by atoms with Gasteiger partial charge in [0.25, 0.3) is 0 Å². The quantitative estimate of drug-likeness (QED) is 0.584. The molecule has 0 saturated heterocycles. The Balaban J connectivity index is 2.06. The highest BCUT2D eigenvalue weighted by molar-refractivity contribution is 5.78. The molecule has 14 heavy (non-hydrogen) atoms. The number of hydrogen-bond acceptors (Lipinski definition) is 1. The minimum atomic E-state index is 0.519. The van der Waals surface area contributed by atoms with E-state index in [2.05, 4.69) is 6.92 Å². The molecule has 0 atom stereocenters. The smallest absolute Gasteiger partial charge is 0.133 e. The standard InChI is InChI=1S/C13H24O/c1-2-3-5-10-13(14)11-12-8-6-4-7-9-12/h12H,2-11H2,1H3. The van der Waals surface area contributed by atoms with Crippen molar-refractivity contribution in [2.45, 2.75) is 71.1 Å². The number of unbranched alkanes of at least 4 members (excludes halogenated alkanes) is 2. The molecule has 1 fully saturated rings. The summed E-state index contributed by atoms with van der Waals surface area (Å²) < 4.78 is 0. The lowest BCUT2D eigenvalue weighted by atomic mass is 9.85. The summed E-state index contributed by atoms with van der Waals surface area (Å²) in [7, 11) is 0. The summed E-state index contributed by atoms with van der Waals surface area (Å²) in [6, 6.07) is 0. The summed E-state index contributed by atoms with van der Waals surface area (Å²) >= 11 is 0. The van der Waals surface area contributed by atoms with E-state index in [1.54, 1.807) is 0 Å². The fourth-order valence-corrected chi connectivity index (χ4v) is 2.39. The molecule has 1 aliphatic rings. The van der Waals surface area contributed by atoms with Crippen molar-refractivity contribution < 1.29 is 4.79 Å². The number of ketones is 1. The number of carbonyl (C=O) groups is 1. The molecular formula is C13H24O. The van der Waals surface area contributed by atoms with Gasteiger partial charge in [-0.3, -0.25) is 4.79 Å². The summed E-state index contributed by atoms with van der Waals surface area (Å²) in [5, 5.41) is 0. The molecule has 0 unspecified atom stereocenters. The molecule has 0 spiro atoms. The average Bonchev–Trinajstić information content (AvgIpc) is 2.20. The van der Waals surface area contributed by atoms with Crippen LogP contribution in [0.1, 0.15) is 71.1 Å². The zero-order valence-corrected chi connectivity index (χ0v) is 9.56. The van der Waals surface area contributed by atoms with E-state index in [9.17, 15) is 4.79 Å². The summed E-state index contributed by atoms with van der Waals surface area (Å²) in [5.74, 6) is 1.25. The molecule has 0 amide bonds. The van der Waals surface area contributed by atoms with Crippen LogP contribution in [-0.2, 0) is 4.79 Å². The Labute approximate surface area is 88.3 Å². The van der Waals surface area contributed by atoms with Crippen LogP contribution in [0.15, 0.2) is 0 Å². The van der Waals surface area contributed by atoms with Crippen LogP contribution in [0.4, 0.5) is 0 Å². The molecule has 0 aromatic heterocycles. The van der Waals surface area contributed by atoms with Gasteiger partial charge in [-0.25, -0.2) is 0 Å². The Hall–Kier alpha value is -0.330. The second-order valence-electron chi connectivity index (χ2n) is 4.70. The second kappa shape index (κ2) is 7.03. The van der Waals surface area contributed by atoms with Gasteiger partial charge in [-0.15, -0.1) is 0 Å². The fourth-order valence-electron chi connectivity index (χ4n) is 2.39. The molecule has 1 saturated carbocycles. The average molecular weight is 196 g/mol. The van der Waals surface area contributed by atoms with Crippen molar-refractivity contribution in [3.05, 3.63) is 0 Å². The summed E-state index contributed by atoms with van der Waals surface area (Å²) in [6.07, 6.45) is 12.0. The Morgan fingerprint density at radius 2 is 1.86 bits per heavy atom. The fraction of sp³-hybridized carbons (Fsp3) is 0.923. The van der Waals surface area contributed by atoms with Gasteiger partial charge in [0.15, 0.2) is 0 Å². The molecule has 82 valence electrons. The lowest BCUT2D eigenvalue weighted by Gasteiger charge is -2.20. The predicted molar refractivity (Wildman–Crippen MR) is 60.3 cm³/mol. The van der Waals surface area contributed by atoms with E-state index in [-0.39, 0.29) is 0 Å². The normalized spacial score (nSPS) is 18.4. The first kappa shape index (κ1) is 11.7. The van der Waals surface area contributed by atoms with E-state index < -0.39 is 0 Å². The highest BCUT2D eigenvalue weighted by atomic mass is 16.1. The van der Waals surface area contributed by atoms with Gasteiger partial charge in [0.1, 0.15) is 5.78 Å². The second-order valence-corrected chi connectivity index (χ2v) is 4.70. The van der Waals surface area contributed by atoms with Gasteiger partial charge in [0.05, 0.1) is 0 Å². The first-order chi connectivity index (χ1) is 6.83. The SMILES string of the molecule is CCCCCC(=O)CC1CCCCC1. The molecule has 0 aliphatic heterocycles. The zero-order chi connectivity index (χ0) is 10.2. The van der Waals surface area contributed by atoms with Crippen molar-refractivity contribution in [3.8, 4) is 0 Å². The molecule has 1 rings (SSSR count). The first-order valence-corrected chi connectivity index (χ1v) is 6.34. The minimum absolute atomic E-state index is 0.519. The van der Waals surface area contributed by atoms with Gasteiger partial charge < -0.3 is 0 Å². The topological polar surface area (TPSA) is 17.1 Å². The molecule has 1 aliphatic carbocycles. The molecule has 0 aromatic carbocycles. The van der Waals surface area contributed by atoms with Crippen LogP contribution >= 0.6 is 0 Å². The van der Waals surface area contributed by atoms with E-state index in [1.165, 1.54) is 44.9 Å². The van der Waals surface area contributed by atoms with Gasteiger partial charge in [-0.1, -0.05) is 51.9 Å². The molecule has 0 N–H and O–H groups in total. The molecular weight excluding hydrogens is 172 g/mol. The number of hydrogen-bond donors (Lipinski definition) is 0. The van der Waals surface area contributed by atoms with E-state index in [1.807, 2.05) is 0 Å². The number of Topliss-reactive ketones (excluding diaryl/α,β-unsaturated/α-hetero) is 1. The van der Waals surface area contributed by atoms with Crippen LogP contribution in [0.2, 0.25) is 0 Å². The minimum Gasteiger partial charge on any atom is -0.300 e. The van der Waals surface area contributed by atoms with E-state index >= 15 is 0 Å². The van der Waals surface area contributed by atoms with E-state index in [0.717, 1.165) is 25.2 Å². The Bertz CT molecular complexity index is 157. The molecule has 0 heterocycles. The first-order valence-electron chi connectivity index (χ1n) is 6.34. The van der Waals surface area contributed by atoms with Gasteiger partial charge in [0.2, 0.25) is 0 Å². The molecule has 0 aromatic rings. The largest absolute Gasteiger partial charge is 0.300 e. The zero-order valence-electron chi connectivity index (χ0n) is 9.56. The van der Waals surface area contributed by atoms with Crippen LogP contribution in [0.5, 0.6) is 0 Å². The van der Waals surface area contributed by atoms with Crippen molar-refractivity contribution in [1.82, 2.24) is 0 Å². The maximum atomic E-state index is 11.6. The van der Waals surface area contributed by atoms with Crippen molar-refractivity contribution in [1.29, 1.82) is 0 Å². The third-order valence-electron chi connectivity index (χ3n) is 3.30. The molecule has 0 radical (unpaired) electrons. The highest BCUT2D eigenvalue weighted by Gasteiger charge is 2.16. The Kier molecular flexibility index (Phi) is 5.89. The third kappa shape index (κ3) is 4.78. The van der Waals surface area contributed by atoms with Crippen molar-refractivity contribution in [2.75, 3.05) is 0 Å². The molecule has 1 heteroatoms. The maximum absolute atomic E-state index is 11.6. The van der Waals surface area contributed by atoms with E-state index in [0.29, 0.717) is 5.78 Å². The van der Waals surface area contributed by atoms with Gasteiger partial charge >= 0.3 is 0 Å². The van der Waals surface area contributed by atoms with Gasteiger partial charge in [-0.05, 0) is 12.3 Å². The lowest BCUT2D eigenvalue weighted by Crippen LogP contribution is -2.11. The number of rotatable bonds is 6. The summed E-state index contributed by atoms with van der Waals surface area (Å²) in [6.45, 7) is 2.19. The van der Waals surface area contributed by atoms with E-state index in [4.69, 9.17) is 0 Å². The molecule has 0 bridgehead atoms. The van der Waals surface area contributed by atoms with Gasteiger partial charge in [-0.2, -0.15) is 0 Å². The molecule has 1 nitrogen and oxygen atoms in total. The van der Waals surface area contributed by atoms with Crippen molar-refractivity contribution in [2.24, 2.45) is 5.92 Å². The van der Waals surface area contributed by atoms with Crippen molar-refractivity contribution >= 4 is 5.78 Å². The monoisotopic (exact) mass is 196 g/mol. The van der Waals surface area contributed by atoms with Crippen LogP contribution in [0.3, 0.4) is 0 Å². The predicted octanol–water partition coefficient (Wildman–Crippen LogP) is 4.11. The number of carbonyl (C=O) groups excluding carboxylic acids is 1. The van der Waals surface area contributed by atoms with Crippen LogP contribution in [0.25, 0.3) is 0 Å². The maximum Gasteiger partial charge on any atom is 0.133 e. The van der Waals surface area contributed by atoms with Crippen LogP contribution in [-0.4, -0.2) is 5.78 Å². The highest BCUT2D eigenvalue weighted by Crippen LogP contribution is 2.26. The lowest BCUT2D eigenvalue weighted by molar-refractivity contribution is -0.120. The van der Waals surface area contributed by atoms with Crippen LogP contribution in [0, 0.1) is 5.92 Å². The Morgan fingerprint density at radius 1 is 1.14 bits per heavy atom.